The number of ether oxygens (including phenoxy) is 1. The van der Waals surface area contributed by atoms with Gasteiger partial charge in [-0.05, 0) is 68.6 Å². The molecule has 0 radical (unpaired) electrons. The van der Waals surface area contributed by atoms with Crippen LogP contribution in [-0.4, -0.2) is 33.5 Å². The summed E-state index contributed by atoms with van der Waals surface area (Å²) in [6, 6.07) is 11.0. The van der Waals surface area contributed by atoms with Crippen molar-refractivity contribution in [1.29, 1.82) is 0 Å². The minimum absolute atomic E-state index is 0.119. The van der Waals surface area contributed by atoms with Crippen molar-refractivity contribution in [3.05, 3.63) is 50.9 Å². The van der Waals surface area contributed by atoms with Crippen molar-refractivity contribution in [2.24, 2.45) is 0 Å². The van der Waals surface area contributed by atoms with E-state index in [2.05, 4.69) is 47.5 Å². The van der Waals surface area contributed by atoms with E-state index in [0.29, 0.717) is 11.2 Å². The van der Waals surface area contributed by atoms with Gasteiger partial charge in [0.2, 0.25) is 0 Å². The Labute approximate surface area is 166 Å². The van der Waals surface area contributed by atoms with Crippen LogP contribution in [0.3, 0.4) is 0 Å². The Bertz CT molecular complexity index is 964. The number of benzene rings is 2. The second kappa shape index (κ2) is 7.96. The summed E-state index contributed by atoms with van der Waals surface area (Å²) >= 11 is 6.80. The Hall–Kier alpha value is -2.26. The third kappa shape index (κ3) is 4.28. The van der Waals surface area contributed by atoms with Crippen LogP contribution in [0.2, 0.25) is 0 Å². The first-order valence-electron chi connectivity index (χ1n) is 7.63. The lowest BCUT2D eigenvalue weighted by atomic mass is 10.2. The molecule has 0 unspecified atom stereocenters. The van der Waals surface area contributed by atoms with Crippen molar-refractivity contribution < 1.29 is 14.3 Å². The number of anilines is 1. The third-order valence-electron chi connectivity index (χ3n) is 3.51. The van der Waals surface area contributed by atoms with Gasteiger partial charge in [-0.25, -0.2) is 4.68 Å². The first-order valence-corrected chi connectivity index (χ1v) is 9.22. The summed E-state index contributed by atoms with van der Waals surface area (Å²) < 4.78 is 7.93. The zero-order valence-electron chi connectivity index (χ0n) is 13.7. The molecule has 26 heavy (non-hydrogen) atoms. The number of esters is 1. The number of nitrogens with zero attached hydrogens (tertiary/aromatic N) is 3. The fourth-order valence-electron chi connectivity index (χ4n) is 2.34. The molecule has 0 aliphatic rings. The molecule has 1 N–H and O–H groups in total. The van der Waals surface area contributed by atoms with Crippen molar-refractivity contribution in [2.45, 2.75) is 13.5 Å². The Morgan fingerprint density at radius 2 is 1.88 bits per heavy atom. The molecule has 0 aliphatic heterocycles. The second-order valence-electron chi connectivity index (χ2n) is 5.55. The molecule has 3 aromatic rings. The molecule has 1 heterocycles. The second-order valence-corrected chi connectivity index (χ2v) is 7.26. The number of hydrogen-bond acceptors (Lipinski definition) is 5. The number of nitrogens with one attached hydrogen (secondary N) is 1. The van der Waals surface area contributed by atoms with Crippen molar-refractivity contribution >= 4 is 60.5 Å². The van der Waals surface area contributed by atoms with Crippen LogP contribution < -0.4 is 5.32 Å². The topological polar surface area (TPSA) is 86.1 Å². The maximum absolute atomic E-state index is 12.1. The Morgan fingerprint density at radius 1 is 1.19 bits per heavy atom. The monoisotopic (exact) mass is 480 g/mol. The number of aromatic nitrogens is 3. The molecule has 0 aliphatic carbocycles. The molecule has 0 bridgehead atoms. The van der Waals surface area contributed by atoms with Crippen LogP contribution in [0.25, 0.3) is 11.0 Å². The minimum atomic E-state index is -0.571. The number of fused-ring (bicyclic) bond motifs is 1. The number of para-hydroxylation sites is 1. The van der Waals surface area contributed by atoms with Gasteiger partial charge in [-0.1, -0.05) is 17.3 Å². The maximum Gasteiger partial charge on any atom is 0.328 e. The molecular weight excluding hydrogens is 468 g/mol. The fourth-order valence-corrected chi connectivity index (χ4v) is 3.96. The molecule has 1 aromatic heterocycles. The third-order valence-corrected chi connectivity index (χ3v) is 4.77. The minimum Gasteiger partial charge on any atom is -0.454 e. The van der Waals surface area contributed by atoms with Gasteiger partial charge in [-0.3, -0.25) is 9.59 Å². The largest absolute Gasteiger partial charge is 0.454 e. The molecule has 3 rings (SSSR count). The SMILES string of the molecule is Cc1cc(Br)c(NC(=O)COC(=O)Cn2nnc3ccccc32)c(Br)c1. The predicted molar refractivity (Wildman–Crippen MR) is 104 cm³/mol. The molecule has 2 aromatic carbocycles. The van der Waals surface area contributed by atoms with Crippen LogP contribution >= 0.6 is 31.9 Å². The molecule has 9 heteroatoms. The normalized spacial score (nSPS) is 10.7. The number of amides is 1. The Balaban J connectivity index is 1.57. The van der Waals surface area contributed by atoms with Crippen molar-refractivity contribution in [3.8, 4) is 0 Å². The summed E-state index contributed by atoms with van der Waals surface area (Å²) in [6.45, 7) is 1.43. The molecule has 7 nitrogen and oxygen atoms in total. The zero-order chi connectivity index (χ0) is 18.7. The highest BCUT2D eigenvalue weighted by atomic mass is 79.9. The molecular formula is C17H14Br2N4O3. The van der Waals surface area contributed by atoms with E-state index in [1.165, 1.54) is 4.68 Å². The van der Waals surface area contributed by atoms with E-state index in [1.54, 1.807) is 6.07 Å². The lowest BCUT2D eigenvalue weighted by Crippen LogP contribution is -2.23. The van der Waals surface area contributed by atoms with Gasteiger partial charge >= 0.3 is 5.97 Å². The number of hydrogen-bond donors (Lipinski definition) is 1. The predicted octanol–water partition coefficient (Wildman–Crippen LogP) is 3.45. The van der Waals surface area contributed by atoms with E-state index < -0.39 is 18.5 Å². The van der Waals surface area contributed by atoms with Crippen LogP contribution in [0, 0.1) is 6.92 Å². The van der Waals surface area contributed by atoms with E-state index in [-0.39, 0.29) is 6.54 Å². The van der Waals surface area contributed by atoms with E-state index in [9.17, 15) is 9.59 Å². The van der Waals surface area contributed by atoms with Gasteiger partial charge in [0.1, 0.15) is 12.1 Å². The van der Waals surface area contributed by atoms with Crippen molar-refractivity contribution in [2.75, 3.05) is 11.9 Å². The van der Waals surface area contributed by atoms with E-state index >= 15 is 0 Å². The van der Waals surface area contributed by atoms with E-state index in [1.807, 2.05) is 37.3 Å². The van der Waals surface area contributed by atoms with Crippen LogP contribution in [0.1, 0.15) is 5.56 Å². The first kappa shape index (κ1) is 18.5. The zero-order valence-corrected chi connectivity index (χ0v) is 16.9. The summed E-state index contributed by atoms with van der Waals surface area (Å²) in [5, 5.41) is 10.6. The lowest BCUT2D eigenvalue weighted by molar-refractivity contribution is -0.148. The first-order chi connectivity index (χ1) is 12.4. The number of rotatable bonds is 5. The molecule has 0 atom stereocenters. The summed E-state index contributed by atoms with van der Waals surface area (Å²) in [5.74, 6) is -1.01. The van der Waals surface area contributed by atoms with E-state index in [0.717, 1.165) is 20.0 Å². The average molecular weight is 482 g/mol. The van der Waals surface area contributed by atoms with Gasteiger partial charge in [-0.15, -0.1) is 5.10 Å². The quantitative estimate of drug-likeness (QED) is 0.564. The molecule has 0 saturated carbocycles. The Kier molecular flexibility index (Phi) is 5.67. The average Bonchev–Trinajstić information content (AvgIpc) is 2.99. The van der Waals surface area contributed by atoms with Crippen LogP contribution in [-0.2, 0) is 20.9 Å². The highest BCUT2D eigenvalue weighted by Gasteiger charge is 2.14. The summed E-state index contributed by atoms with van der Waals surface area (Å²) in [4.78, 5) is 24.0. The molecule has 0 fully saturated rings. The smallest absolute Gasteiger partial charge is 0.328 e. The highest BCUT2D eigenvalue weighted by Crippen LogP contribution is 2.32. The number of aryl methyl sites for hydroxylation is 1. The maximum atomic E-state index is 12.1. The van der Waals surface area contributed by atoms with Gasteiger partial charge in [-0.2, -0.15) is 0 Å². The number of carbonyl (C=O) groups excluding carboxylic acids is 2. The van der Waals surface area contributed by atoms with Gasteiger partial charge in [0.25, 0.3) is 5.91 Å². The van der Waals surface area contributed by atoms with Crippen molar-refractivity contribution in [3.63, 3.8) is 0 Å². The van der Waals surface area contributed by atoms with Gasteiger partial charge in [0, 0.05) is 8.95 Å². The lowest BCUT2D eigenvalue weighted by Gasteiger charge is -2.11. The molecule has 1 amide bonds. The van der Waals surface area contributed by atoms with Crippen LogP contribution in [0.5, 0.6) is 0 Å². The number of carbonyl (C=O) groups is 2. The summed E-state index contributed by atoms with van der Waals surface area (Å²) in [6.07, 6.45) is 0. The highest BCUT2D eigenvalue weighted by molar-refractivity contribution is 9.11. The molecule has 0 spiro atoms. The van der Waals surface area contributed by atoms with E-state index in [4.69, 9.17) is 4.74 Å². The summed E-state index contributed by atoms with van der Waals surface area (Å²) in [5.41, 5.74) is 3.03. The van der Waals surface area contributed by atoms with Crippen molar-refractivity contribution in [1.82, 2.24) is 15.0 Å². The standard InChI is InChI=1S/C17H14Br2N4O3/c1-10-6-11(18)17(12(19)7-10)20-15(24)9-26-16(25)8-23-14-5-3-2-4-13(14)21-22-23/h2-7H,8-9H2,1H3,(H,20,24). The van der Waals surface area contributed by atoms with Crippen LogP contribution in [0.15, 0.2) is 45.3 Å². The van der Waals surface area contributed by atoms with Gasteiger partial charge in [0.15, 0.2) is 6.61 Å². The summed E-state index contributed by atoms with van der Waals surface area (Å²) in [7, 11) is 0. The molecule has 0 saturated heterocycles. The van der Waals surface area contributed by atoms with Gasteiger partial charge < -0.3 is 10.1 Å². The molecule has 134 valence electrons. The van der Waals surface area contributed by atoms with Crippen LogP contribution in [0.4, 0.5) is 5.69 Å². The fraction of sp³-hybridized carbons (Fsp3) is 0.176. The number of halogens is 2. The Morgan fingerprint density at radius 3 is 2.62 bits per heavy atom. The van der Waals surface area contributed by atoms with Gasteiger partial charge in [0.05, 0.1) is 11.2 Å².